The highest BCUT2D eigenvalue weighted by molar-refractivity contribution is 6.31. The predicted molar refractivity (Wildman–Crippen MR) is 86.2 cm³/mol. The number of halogens is 1. The standard InChI is InChI=1S/C15H7ClN2O6/c16-9-1-4-14-8(5-9)6-12(15(19)24-14)11-3-2-10(17(20)21)7-13(11)18(22)23/h1-7H. The van der Waals surface area contributed by atoms with Crippen LogP contribution in [0, 0.1) is 20.2 Å². The minimum Gasteiger partial charge on any atom is -0.422 e. The Morgan fingerprint density at radius 1 is 0.917 bits per heavy atom. The van der Waals surface area contributed by atoms with E-state index in [9.17, 15) is 25.0 Å². The summed E-state index contributed by atoms with van der Waals surface area (Å²) >= 11 is 5.89. The van der Waals surface area contributed by atoms with Crippen molar-refractivity contribution in [2.24, 2.45) is 0 Å². The number of rotatable bonds is 3. The monoisotopic (exact) mass is 346 g/mol. The molecule has 8 nitrogen and oxygen atoms in total. The van der Waals surface area contributed by atoms with E-state index >= 15 is 0 Å². The van der Waals surface area contributed by atoms with Crippen molar-refractivity contribution in [3.8, 4) is 11.1 Å². The van der Waals surface area contributed by atoms with Gasteiger partial charge in [-0.2, -0.15) is 0 Å². The van der Waals surface area contributed by atoms with Crippen molar-refractivity contribution in [2.75, 3.05) is 0 Å². The normalized spacial score (nSPS) is 10.7. The molecule has 9 heteroatoms. The fraction of sp³-hybridized carbons (Fsp3) is 0. The molecule has 0 N–H and O–H groups in total. The van der Waals surface area contributed by atoms with Crippen LogP contribution in [0.1, 0.15) is 0 Å². The number of nitrogens with zero attached hydrogens (tertiary/aromatic N) is 2. The van der Waals surface area contributed by atoms with Crippen LogP contribution in [0.25, 0.3) is 22.1 Å². The zero-order valence-electron chi connectivity index (χ0n) is 11.8. The number of benzene rings is 2. The quantitative estimate of drug-likeness (QED) is 0.403. The molecule has 1 aromatic heterocycles. The van der Waals surface area contributed by atoms with E-state index in [1.807, 2.05) is 0 Å². The molecule has 0 aliphatic rings. The van der Waals surface area contributed by atoms with E-state index < -0.39 is 26.8 Å². The Labute approximate surface area is 138 Å². The Bertz CT molecular complexity index is 1060. The molecular weight excluding hydrogens is 340 g/mol. The number of nitro benzene ring substituents is 2. The van der Waals surface area contributed by atoms with E-state index in [1.54, 1.807) is 12.1 Å². The lowest BCUT2D eigenvalue weighted by Gasteiger charge is -2.04. The van der Waals surface area contributed by atoms with Gasteiger partial charge >= 0.3 is 5.63 Å². The van der Waals surface area contributed by atoms with Crippen molar-refractivity contribution < 1.29 is 14.3 Å². The molecule has 24 heavy (non-hydrogen) atoms. The molecule has 0 aliphatic heterocycles. The molecule has 0 fully saturated rings. The van der Waals surface area contributed by atoms with E-state index in [2.05, 4.69) is 0 Å². The first kappa shape index (κ1) is 15.6. The third kappa shape index (κ3) is 2.70. The van der Waals surface area contributed by atoms with Crippen molar-refractivity contribution in [1.82, 2.24) is 0 Å². The van der Waals surface area contributed by atoms with E-state index in [4.69, 9.17) is 16.0 Å². The minimum absolute atomic E-state index is 0.0683. The van der Waals surface area contributed by atoms with E-state index in [0.29, 0.717) is 10.4 Å². The SMILES string of the molecule is O=c1oc2ccc(Cl)cc2cc1-c1ccc([N+](=O)[O-])cc1[N+](=O)[O-]. The van der Waals surface area contributed by atoms with Gasteiger partial charge in [-0.3, -0.25) is 20.2 Å². The summed E-state index contributed by atoms with van der Waals surface area (Å²) in [5.41, 5.74) is -1.66. The highest BCUT2D eigenvalue weighted by Crippen LogP contribution is 2.33. The van der Waals surface area contributed by atoms with Gasteiger partial charge in [0.2, 0.25) is 0 Å². The van der Waals surface area contributed by atoms with Gasteiger partial charge in [0.05, 0.1) is 27.0 Å². The highest BCUT2D eigenvalue weighted by Gasteiger charge is 2.23. The molecule has 0 unspecified atom stereocenters. The van der Waals surface area contributed by atoms with Gasteiger partial charge in [-0.1, -0.05) is 11.6 Å². The third-order valence-corrected chi connectivity index (χ3v) is 3.61. The number of non-ortho nitro benzene ring substituents is 1. The Morgan fingerprint density at radius 3 is 2.33 bits per heavy atom. The molecule has 0 spiro atoms. The van der Waals surface area contributed by atoms with E-state index in [0.717, 1.165) is 18.2 Å². The van der Waals surface area contributed by atoms with Crippen molar-refractivity contribution >= 4 is 33.9 Å². The molecule has 0 bridgehead atoms. The van der Waals surface area contributed by atoms with Crippen molar-refractivity contribution in [3.63, 3.8) is 0 Å². The van der Waals surface area contributed by atoms with Crippen LogP contribution in [0.4, 0.5) is 11.4 Å². The first-order valence-electron chi connectivity index (χ1n) is 6.53. The Hall–Kier alpha value is -3.26. The lowest BCUT2D eigenvalue weighted by atomic mass is 10.0. The first-order chi connectivity index (χ1) is 11.4. The molecular formula is C15H7ClN2O6. The van der Waals surface area contributed by atoms with Crippen LogP contribution in [-0.4, -0.2) is 9.85 Å². The molecule has 120 valence electrons. The summed E-state index contributed by atoms with van der Waals surface area (Å²) in [4.78, 5) is 32.6. The first-order valence-corrected chi connectivity index (χ1v) is 6.91. The van der Waals surface area contributed by atoms with Crippen molar-refractivity contribution in [3.05, 3.63) is 78.1 Å². The maximum Gasteiger partial charge on any atom is 0.344 e. The Balaban J connectivity index is 2.30. The average molecular weight is 347 g/mol. The number of hydrogen-bond acceptors (Lipinski definition) is 6. The third-order valence-electron chi connectivity index (χ3n) is 3.37. The smallest absolute Gasteiger partial charge is 0.344 e. The van der Waals surface area contributed by atoms with Crippen LogP contribution < -0.4 is 5.63 Å². The number of nitro groups is 2. The second-order valence-corrected chi connectivity index (χ2v) is 5.28. The summed E-state index contributed by atoms with van der Waals surface area (Å²) < 4.78 is 5.14. The number of hydrogen-bond donors (Lipinski definition) is 0. The second-order valence-electron chi connectivity index (χ2n) is 4.85. The van der Waals surface area contributed by atoms with Gasteiger partial charge < -0.3 is 4.42 Å². The predicted octanol–water partition coefficient (Wildman–Crippen LogP) is 3.93. The summed E-state index contributed by atoms with van der Waals surface area (Å²) in [6.45, 7) is 0. The molecule has 0 saturated heterocycles. The van der Waals surface area contributed by atoms with Gasteiger partial charge in [-0.05, 0) is 30.3 Å². The lowest BCUT2D eigenvalue weighted by molar-refractivity contribution is -0.393. The van der Waals surface area contributed by atoms with Gasteiger partial charge in [0.15, 0.2) is 0 Å². The molecule has 1 heterocycles. The van der Waals surface area contributed by atoms with Gasteiger partial charge in [0.1, 0.15) is 5.58 Å². The molecule has 0 atom stereocenters. The lowest BCUT2D eigenvalue weighted by Crippen LogP contribution is -2.05. The average Bonchev–Trinajstić information content (AvgIpc) is 2.54. The van der Waals surface area contributed by atoms with Crippen LogP contribution in [0.3, 0.4) is 0 Å². The van der Waals surface area contributed by atoms with Gasteiger partial charge in [0.25, 0.3) is 11.4 Å². The minimum atomic E-state index is -0.790. The summed E-state index contributed by atoms with van der Waals surface area (Å²) in [5.74, 6) is 0. The summed E-state index contributed by atoms with van der Waals surface area (Å²) in [5, 5.41) is 22.9. The van der Waals surface area contributed by atoms with Crippen LogP contribution in [0.15, 0.2) is 51.7 Å². The van der Waals surface area contributed by atoms with Crippen LogP contribution in [-0.2, 0) is 0 Å². The van der Waals surface area contributed by atoms with E-state index in [1.165, 1.54) is 12.1 Å². The topological polar surface area (TPSA) is 116 Å². The maximum absolute atomic E-state index is 12.2. The molecule has 2 aromatic carbocycles. The zero-order valence-corrected chi connectivity index (χ0v) is 12.5. The van der Waals surface area contributed by atoms with Crippen LogP contribution >= 0.6 is 11.6 Å². The van der Waals surface area contributed by atoms with Gasteiger partial charge in [-0.25, -0.2) is 4.79 Å². The summed E-state index contributed by atoms with van der Waals surface area (Å²) in [6, 6.07) is 9.04. The van der Waals surface area contributed by atoms with Crippen molar-refractivity contribution in [1.29, 1.82) is 0 Å². The summed E-state index contributed by atoms with van der Waals surface area (Å²) in [6.07, 6.45) is 0. The van der Waals surface area contributed by atoms with E-state index in [-0.39, 0.29) is 16.7 Å². The fourth-order valence-electron chi connectivity index (χ4n) is 2.29. The largest absolute Gasteiger partial charge is 0.422 e. The molecule has 0 aliphatic carbocycles. The molecule has 0 saturated carbocycles. The molecule has 3 aromatic rings. The molecule has 0 radical (unpaired) electrons. The summed E-state index contributed by atoms with van der Waals surface area (Å²) in [7, 11) is 0. The highest BCUT2D eigenvalue weighted by atomic mass is 35.5. The van der Waals surface area contributed by atoms with Crippen molar-refractivity contribution in [2.45, 2.75) is 0 Å². The second kappa shape index (κ2) is 5.74. The van der Waals surface area contributed by atoms with Gasteiger partial charge in [-0.15, -0.1) is 0 Å². The van der Waals surface area contributed by atoms with Crippen LogP contribution in [0.5, 0.6) is 0 Å². The molecule has 3 rings (SSSR count). The molecule has 0 amide bonds. The zero-order chi connectivity index (χ0) is 17.4. The number of fused-ring (bicyclic) bond motifs is 1. The van der Waals surface area contributed by atoms with Crippen LogP contribution in [0.2, 0.25) is 5.02 Å². The Morgan fingerprint density at radius 2 is 1.67 bits per heavy atom. The van der Waals surface area contributed by atoms with Gasteiger partial charge in [0, 0.05) is 16.5 Å². The maximum atomic E-state index is 12.2. The fourth-order valence-corrected chi connectivity index (χ4v) is 2.47. The Kier molecular flexibility index (Phi) is 3.74.